The fourth-order valence-corrected chi connectivity index (χ4v) is 6.19. The van der Waals surface area contributed by atoms with Crippen LogP contribution in [0.5, 0.6) is 11.5 Å². The van der Waals surface area contributed by atoms with E-state index in [0.29, 0.717) is 31.9 Å². The van der Waals surface area contributed by atoms with Gasteiger partial charge in [0.2, 0.25) is 0 Å². The largest absolute Gasteiger partial charge is 0.507 e. The Kier molecular flexibility index (Phi) is 6.99. The van der Waals surface area contributed by atoms with Crippen molar-refractivity contribution in [2.75, 3.05) is 13.7 Å². The smallest absolute Gasteiger partial charge is 0.338 e. The van der Waals surface area contributed by atoms with Crippen molar-refractivity contribution in [3.05, 3.63) is 133 Å². The highest BCUT2D eigenvalue weighted by Gasteiger charge is 2.37. The van der Waals surface area contributed by atoms with Crippen LogP contribution in [0, 0.1) is 0 Å². The minimum absolute atomic E-state index is 0.0581. The Morgan fingerprint density at radius 3 is 2.49 bits per heavy atom. The van der Waals surface area contributed by atoms with E-state index in [9.17, 15) is 14.7 Å². The molecular formula is C33H26N2O5S. The second-order valence-electron chi connectivity index (χ2n) is 9.39. The number of nitrogens with zero attached hydrogens (tertiary/aromatic N) is 2. The lowest BCUT2D eigenvalue weighted by Gasteiger charge is -2.28. The summed E-state index contributed by atoms with van der Waals surface area (Å²) in [5, 5.41) is 12.2. The van der Waals surface area contributed by atoms with E-state index in [1.807, 2.05) is 66.7 Å². The minimum Gasteiger partial charge on any atom is -0.507 e. The van der Waals surface area contributed by atoms with Crippen LogP contribution >= 0.6 is 11.3 Å². The second-order valence-corrected chi connectivity index (χ2v) is 10.4. The van der Waals surface area contributed by atoms with Crippen LogP contribution in [0.4, 0.5) is 0 Å². The van der Waals surface area contributed by atoms with Crippen molar-refractivity contribution in [1.29, 1.82) is 0 Å². The molecule has 0 amide bonds. The molecule has 204 valence electrons. The third kappa shape index (κ3) is 4.62. The van der Waals surface area contributed by atoms with Gasteiger partial charge in [-0.1, -0.05) is 90.2 Å². The van der Waals surface area contributed by atoms with Crippen molar-refractivity contribution in [3.63, 3.8) is 0 Å². The summed E-state index contributed by atoms with van der Waals surface area (Å²) < 4.78 is 13.4. The van der Waals surface area contributed by atoms with Crippen LogP contribution in [0.15, 0.2) is 106 Å². The number of benzene rings is 4. The predicted molar refractivity (Wildman–Crippen MR) is 160 cm³/mol. The summed E-state index contributed by atoms with van der Waals surface area (Å²) in [5.74, 6) is 0.0213. The average Bonchev–Trinajstić information content (AvgIpc) is 3.31. The highest BCUT2D eigenvalue weighted by atomic mass is 32.1. The molecule has 0 radical (unpaired) electrons. The maximum atomic E-state index is 14.2. The van der Waals surface area contributed by atoms with Gasteiger partial charge in [-0.3, -0.25) is 9.36 Å². The van der Waals surface area contributed by atoms with Crippen LogP contribution in [0.1, 0.15) is 29.7 Å². The molecule has 0 bridgehead atoms. The van der Waals surface area contributed by atoms with Crippen LogP contribution in [0.25, 0.3) is 22.5 Å². The lowest BCUT2D eigenvalue weighted by molar-refractivity contribution is -0.138. The van der Waals surface area contributed by atoms with Crippen molar-refractivity contribution in [2.45, 2.75) is 13.0 Å². The number of methoxy groups -OCH3 is 1. The van der Waals surface area contributed by atoms with Gasteiger partial charge in [-0.25, -0.2) is 9.79 Å². The summed E-state index contributed by atoms with van der Waals surface area (Å²) in [6.07, 6.45) is 1.65. The molecule has 1 N–H and O–H groups in total. The maximum Gasteiger partial charge on any atom is 0.338 e. The third-order valence-corrected chi connectivity index (χ3v) is 8.00. The van der Waals surface area contributed by atoms with Crippen molar-refractivity contribution < 1.29 is 19.4 Å². The molecule has 1 aliphatic heterocycles. The molecule has 8 heteroatoms. The Morgan fingerprint density at radius 2 is 1.73 bits per heavy atom. The Balaban J connectivity index is 1.76. The zero-order chi connectivity index (χ0) is 28.5. The van der Waals surface area contributed by atoms with Gasteiger partial charge in [0.15, 0.2) is 4.80 Å². The lowest BCUT2D eigenvalue weighted by atomic mass is 9.89. The second kappa shape index (κ2) is 10.9. The number of aromatic nitrogens is 1. The molecule has 0 fully saturated rings. The first-order valence-corrected chi connectivity index (χ1v) is 14.0. The van der Waals surface area contributed by atoms with E-state index in [-0.39, 0.29) is 23.5 Å². The number of phenols is 1. The number of fused-ring (bicyclic) bond motifs is 2. The molecule has 0 aliphatic carbocycles. The van der Waals surface area contributed by atoms with Gasteiger partial charge < -0.3 is 14.6 Å². The van der Waals surface area contributed by atoms with Gasteiger partial charge in [0.25, 0.3) is 5.56 Å². The molecule has 1 unspecified atom stereocenters. The first kappa shape index (κ1) is 26.3. The van der Waals surface area contributed by atoms with Crippen molar-refractivity contribution >= 4 is 39.9 Å². The number of carbonyl (C=O) groups is 1. The van der Waals surface area contributed by atoms with Gasteiger partial charge in [-0.15, -0.1) is 0 Å². The fraction of sp³-hybridized carbons (Fsp3) is 0.121. The van der Waals surface area contributed by atoms with Gasteiger partial charge in [-0.2, -0.15) is 0 Å². The van der Waals surface area contributed by atoms with E-state index in [1.165, 1.54) is 11.3 Å². The summed E-state index contributed by atoms with van der Waals surface area (Å²) in [6, 6.07) is 26.9. The highest BCUT2D eigenvalue weighted by molar-refractivity contribution is 7.07. The monoisotopic (exact) mass is 562 g/mol. The molecule has 0 saturated heterocycles. The zero-order valence-corrected chi connectivity index (χ0v) is 23.2. The molecular weight excluding hydrogens is 536 g/mol. The summed E-state index contributed by atoms with van der Waals surface area (Å²) >= 11 is 1.20. The summed E-state index contributed by atoms with van der Waals surface area (Å²) in [7, 11) is 1.57. The van der Waals surface area contributed by atoms with Crippen LogP contribution in [0.2, 0.25) is 0 Å². The Morgan fingerprint density at radius 1 is 1.00 bits per heavy atom. The predicted octanol–water partition coefficient (Wildman–Crippen LogP) is 4.80. The molecule has 4 aromatic carbocycles. The molecule has 1 atom stereocenters. The molecule has 7 nitrogen and oxygen atoms in total. The highest BCUT2D eigenvalue weighted by Crippen LogP contribution is 2.42. The fourth-order valence-electron chi connectivity index (χ4n) is 5.20. The number of carbonyl (C=O) groups excluding carboxylic acids is 1. The Labute approximate surface area is 239 Å². The SMILES string of the molecule is CCOC(=O)C1=C(c2ccccc2)N=c2s/c(=C\c3ccccc3O)c(=O)n2C1c1c(OC)ccc2ccccc12. The van der Waals surface area contributed by atoms with Crippen molar-refractivity contribution in [2.24, 2.45) is 4.99 Å². The summed E-state index contributed by atoms with van der Waals surface area (Å²) in [6.45, 7) is 1.90. The van der Waals surface area contributed by atoms with E-state index in [0.717, 1.165) is 16.3 Å². The molecule has 0 spiro atoms. The number of esters is 1. The average molecular weight is 563 g/mol. The van der Waals surface area contributed by atoms with E-state index in [2.05, 4.69) is 0 Å². The quantitative estimate of drug-likeness (QED) is 0.300. The van der Waals surface area contributed by atoms with Gasteiger partial charge >= 0.3 is 5.97 Å². The molecule has 1 aliphatic rings. The molecule has 2 heterocycles. The number of hydrogen-bond donors (Lipinski definition) is 1. The van der Waals surface area contributed by atoms with E-state index >= 15 is 0 Å². The minimum atomic E-state index is -0.895. The molecule has 5 aromatic rings. The van der Waals surface area contributed by atoms with Crippen LogP contribution in [-0.2, 0) is 9.53 Å². The molecule has 0 saturated carbocycles. The normalized spacial score (nSPS) is 15.0. The van der Waals surface area contributed by atoms with E-state index < -0.39 is 12.0 Å². The summed E-state index contributed by atoms with van der Waals surface area (Å²) in [4.78, 5) is 33.3. The van der Waals surface area contributed by atoms with E-state index in [4.69, 9.17) is 14.5 Å². The summed E-state index contributed by atoms with van der Waals surface area (Å²) in [5.41, 5.74) is 2.22. The van der Waals surface area contributed by atoms with Gasteiger partial charge in [-0.05, 0) is 35.9 Å². The first-order valence-electron chi connectivity index (χ1n) is 13.1. The zero-order valence-electron chi connectivity index (χ0n) is 22.4. The van der Waals surface area contributed by atoms with E-state index in [1.54, 1.807) is 48.9 Å². The van der Waals surface area contributed by atoms with Gasteiger partial charge in [0.1, 0.15) is 17.5 Å². The Hall–Kier alpha value is -4.95. The van der Waals surface area contributed by atoms with Gasteiger partial charge in [0.05, 0.1) is 29.5 Å². The van der Waals surface area contributed by atoms with Crippen LogP contribution < -0.4 is 19.6 Å². The Bertz CT molecular complexity index is 2010. The number of phenolic OH excluding ortho intramolecular Hbond substituents is 1. The molecule has 41 heavy (non-hydrogen) atoms. The van der Waals surface area contributed by atoms with Crippen LogP contribution in [0.3, 0.4) is 0 Å². The standard InChI is InChI=1S/C33H26N2O5S/c1-3-40-32(38)28-29(21-12-5-4-6-13-21)34-33-35(31(37)26(41-33)19-22-14-8-10-16-24(22)36)30(28)27-23-15-9-7-11-20(23)17-18-25(27)39-2/h4-19,30,36H,3H2,1-2H3/b26-19-. The number of rotatable bonds is 6. The van der Waals surface area contributed by atoms with Gasteiger partial charge in [0, 0.05) is 16.7 Å². The number of aromatic hydroxyl groups is 1. The number of ether oxygens (including phenoxy) is 2. The van der Waals surface area contributed by atoms with Crippen molar-refractivity contribution in [3.8, 4) is 11.5 Å². The number of para-hydroxylation sites is 1. The number of hydrogen-bond acceptors (Lipinski definition) is 7. The van der Waals surface area contributed by atoms with Crippen LogP contribution in [-0.4, -0.2) is 29.4 Å². The number of thiazole rings is 1. The molecule has 1 aromatic heterocycles. The third-order valence-electron chi connectivity index (χ3n) is 7.02. The van der Waals surface area contributed by atoms with Crippen molar-refractivity contribution in [1.82, 2.24) is 4.57 Å². The maximum absolute atomic E-state index is 14.2. The molecule has 6 rings (SSSR count). The lowest BCUT2D eigenvalue weighted by Crippen LogP contribution is -2.40. The first-order chi connectivity index (χ1) is 20.0. The topological polar surface area (TPSA) is 90.1 Å².